The Labute approximate surface area is 456 Å². The molecule has 5 aliphatic rings. The van der Waals surface area contributed by atoms with Crippen LogP contribution in [0.15, 0.2) is 59.2 Å². The van der Waals surface area contributed by atoms with Gasteiger partial charge in [0.25, 0.3) is 23.3 Å². The standard InChI is InChI=1S/C54H61FN10O15/c1-6-54(78)31-17-36-46-29(24-64(36)49(75)30(31)25-79-51(54)77)44-33(14-15-53(5)27(2)32(55)18-34(62-46)45(44)53)63-50(76)52(3,4)80-26-60-39(67)21-58-47(73)35(16-28-10-8-7-9-11-28)61-40(68)22-57-38(66)20-59-48(74)37(19-56-23-43(71)72)65-41(69)12-13-42(65)70/h7-13,17-18,27,33,35,37,56,78H,6,14-16,19-26H2,1-5H3,(H,57,66)(H,58,73)(H,59,74)(H,60,67)(H,61,68)(H,63,76)(H,71,72)/t27?,33-,35-,37?,53?,54-/m0/s1. The van der Waals surface area contributed by atoms with E-state index in [1.807, 2.05) is 6.92 Å². The summed E-state index contributed by atoms with van der Waals surface area (Å²) in [5, 5.41) is 38.0. The van der Waals surface area contributed by atoms with Crippen LogP contribution in [0.1, 0.15) is 99.0 Å². The number of hydrogen-bond acceptors (Lipinski definition) is 16. The van der Waals surface area contributed by atoms with E-state index < -0.39 is 145 Å². The highest BCUT2D eigenvalue weighted by Gasteiger charge is 2.51. The Hall–Kier alpha value is -8.49. The van der Waals surface area contributed by atoms with Gasteiger partial charge in [0.15, 0.2) is 5.60 Å². The maximum absolute atomic E-state index is 15.8. The van der Waals surface area contributed by atoms with Crippen molar-refractivity contribution < 1.29 is 72.0 Å². The van der Waals surface area contributed by atoms with Gasteiger partial charge in [-0.25, -0.2) is 14.2 Å². The highest BCUT2D eigenvalue weighted by atomic mass is 19.1. The number of amides is 8. The summed E-state index contributed by atoms with van der Waals surface area (Å²) >= 11 is 0. The van der Waals surface area contributed by atoms with Gasteiger partial charge >= 0.3 is 11.9 Å². The van der Waals surface area contributed by atoms with Gasteiger partial charge in [-0.1, -0.05) is 51.1 Å². The molecule has 0 saturated heterocycles. The first-order chi connectivity index (χ1) is 37.9. The third-order valence-electron chi connectivity index (χ3n) is 15.3. The first-order valence-electron chi connectivity index (χ1n) is 25.8. The number of fused-ring (bicyclic) bond motifs is 5. The SMILES string of the molecule is CC[C@@]1(O)C(=O)OCc2c1cc1n(c2=O)Cc2c-1nc1c3c2[C@@H](NC(=O)C(C)(C)OCNC(=O)CNC(=O)[C@H](Cc2ccccc2)NC(=O)CNC(=O)CNC(=O)C(CNCC(=O)O)N2C(=O)C=CC2=O)CCC3(C)C(C)C(F)=C1. The van der Waals surface area contributed by atoms with E-state index in [0.717, 1.165) is 17.7 Å². The number of nitrogens with zero attached hydrogens (tertiary/aromatic N) is 3. The van der Waals surface area contributed by atoms with Gasteiger partial charge < -0.3 is 61.5 Å². The Morgan fingerprint density at radius 1 is 0.912 bits per heavy atom. The van der Waals surface area contributed by atoms with Crippen LogP contribution < -0.4 is 42.8 Å². The molecule has 0 radical (unpaired) electrons. The molecule has 8 rings (SSSR count). The third kappa shape index (κ3) is 11.5. The average Bonchev–Trinajstić information content (AvgIpc) is 3.97. The van der Waals surface area contributed by atoms with Gasteiger partial charge in [0, 0.05) is 47.6 Å². The molecule has 3 aliphatic heterocycles. The number of carboxylic acids is 1. The van der Waals surface area contributed by atoms with Gasteiger partial charge in [-0.3, -0.25) is 52.8 Å². The number of pyridine rings is 2. The second-order valence-electron chi connectivity index (χ2n) is 20.8. The molecule has 26 heteroatoms. The smallest absolute Gasteiger partial charge is 0.343 e. The van der Waals surface area contributed by atoms with Gasteiger partial charge in [-0.15, -0.1) is 0 Å². The van der Waals surface area contributed by atoms with Crippen LogP contribution in [-0.2, 0) is 88.0 Å². The Morgan fingerprint density at radius 2 is 1.57 bits per heavy atom. The minimum atomic E-state index is -2.07. The lowest BCUT2D eigenvalue weighted by molar-refractivity contribution is -0.172. The van der Waals surface area contributed by atoms with E-state index >= 15 is 4.39 Å². The molecule has 0 spiro atoms. The lowest BCUT2D eigenvalue weighted by Gasteiger charge is -2.46. The number of carboxylic acid groups (broad SMARTS) is 1. The van der Waals surface area contributed by atoms with E-state index in [1.165, 1.54) is 24.5 Å². The molecule has 0 saturated carbocycles. The number of imide groups is 1. The number of aliphatic hydroxyl groups is 1. The first kappa shape index (κ1) is 57.7. The van der Waals surface area contributed by atoms with Crippen molar-refractivity contribution in [3.63, 3.8) is 0 Å². The number of halogens is 1. The van der Waals surface area contributed by atoms with Crippen LogP contribution in [0.3, 0.4) is 0 Å². The molecule has 5 heterocycles. The molecule has 9 N–H and O–H groups in total. The highest BCUT2D eigenvalue weighted by molar-refractivity contribution is 6.15. The van der Waals surface area contributed by atoms with Gasteiger partial charge in [-0.2, -0.15) is 0 Å². The molecule has 0 fully saturated rings. The molecule has 25 nitrogen and oxygen atoms in total. The van der Waals surface area contributed by atoms with Gasteiger partial charge in [0.2, 0.25) is 29.5 Å². The van der Waals surface area contributed by atoms with Gasteiger partial charge in [0.1, 0.15) is 36.8 Å². The summed E-state index contributed by atoms with van der Waals surface area (Å²) in [6.07, 6.45) is 3.94. The Bertz CT molecular complexity index is 3210. The van der Waals surface area contributed by atoms with Crippen molar-refractivity contribution >= 4 is 65.3 Å². The Balaban J connectivity index is 0.868. The van der Waals surface area contributed by atoms with E-state index in [9.17, 15) is 57.8 Å². The van der Waals surface area contributed by atoms with Crippen LogP contribution in [0.4, 0.5) is 4.39 Å². The second-order valence-corrected chi connectivity index (χ2v) is 20.8. The zero-order chi connectivity index (χ0) is 58.0. The molecule has 80 heavy (non-hydrogen) atoms. The topological polar surface area (TPSA) is 352 Å². The fraction of sp³-hybridized carbons (Fsp3) is 0.444. The van der Waals surface area contributed by atoms with Crippen LogP contribution in [-0.4, -0.2) is 141 Å². The monoisotopic (exact) mass is 1110 g/mol. The normalized spacial score (nSPS) is 21.1. The maximum atomic E-state index is 15.8. The van der Waals surface area contributed by atoms with E-state index in [4.69, 9.17) is 19.6 Å². The summed E-state index contributed by atoms with van der Waals surface area (Å²) in [6, 6.07) is 6.68. The molecule has 1 aromatic carbocycles. The molecule has 2 aromatic heterocycles. The first-order valence-corrected chi connectivity index (χ1v) is 25.8. The zero-order valence-corrected chi connectivity index (χ0v) is 44.4. The molecule has 8 amide bonds. The zero-order valence-electron chi connectivity index (χ0n) is 44.4. The van der Waals surface area contributed by atoms with Crippen LogP contribution in [0.5, 0.6) is 0 Å². The molecule has 6 atom stereocenters. The third-order valence-corrected chi connectivity index (χ3v) is 15.3. The largest absolute Gasteiger partial charge is 0.480 e. The van der Waals surface area contributed by atoms with E-state index in [1.54, 1.807) is 50.2 Å². The number of benzene rings is 1. The second kappa shape index (κ2) is 23.1. The van der Waals surface area contributed by atoms with Crippen molar-refractivity contribution in [2.75, 3.05) is 39.5 Å². The molecule has 424 valence electrons. The predicted octanol–water partition coefficient (Wildman–Crippen LogP) is -0.992. The minimum absolute atomic E-state index is 0.0344. The summed E-state index contributed by atoms with van der Waals surface area (Å²) in [6.45, 7) is 4.52. The number of cyclic esters (lactones) is 1. The number of aliphatic carboxylic acids is 1. The molecule has 3 aromatic rings. The average molecular weight is 1110 g/mol. The maximum Gasteiger partial charge on any atom is 0.343 e. The number of carbonyl (C=O) groups excluding carboxylic acids is 9. The van der Waals surface area contributed by atoms with Crippen molar-refractivity contribution in [3.8, 4) is 11.4 Å². The molecular formula is C54H61FN10O15. The van der Waals surface area contributed by atoms with Crippen molar-refractivity contribution in [1.29, 1.82) is 0 Å². The van der Waals surface area contributed by atoms with Crippen molar-refractivity contribution in [2.45, 2.75) is 108 Å². The molecular weight excluding hydrogens is 1050 g/mol. The fourth-order valence-electron chi connectivity index (χ4n) is 10.6. The summed E-state index contributed by atoms with van der Waals surface area (Å²) in [5.74, 6) is -9.47. The van der Waals surface area contributed by atoms with Gasteiger partial charge in [0.05, 0.1) is 61.4 Å². The number of rotatable bonds is 22. The number of allylic oxidation sites excluding steroid dienone is 1. The number of esters is 1. The predicted molar refractivity (Wildman–Crippen MR) is 277 cm³/mol. The van der Waals surface area contributed by atoms with Crippen molar-refractivity contribution in [1.82, 2.24) is 51.7 Å². The van der Waals surface area contributed by atoms with Crippen LogP contribution >= 0.6 is 0 Å². The Kier molecular flexibility index (Phi) is 16.6. The summed E-state index contributed by atoms with van der Waals surface area (Å²) in [4.78, 5) is 148. The van der Waals surface area contributed by atoms with E-state index in [2.05, 4.69) is 37.2 Å². The van der Waals surface area contributed by atoms with E-state index in [-0.39, 0.29) is 42.9 Å². The number of carbonyl (C=O) groups is 10. The number of hydrogen-bond donors (Lipinski definition) is 9. The molecule has 0 bridgehead atoms. The Morgan fingerprint density at radius 3 is 2.25 bits per heavy atom. The summed E-state index contributed by atoms with van der Waals surface area (Å²) in [7, 11) is 0. The summed E-state index contributed by atoms with van der Waals surface area (Å²) < 4.78 is 28.4. The lowest BCUT2D eigenvalue weighted by atomic mass is 9.60. The minimum Gasteiger partial charge on any atom is -0.480 e. The van der Waals surface area contributed by atoms with Crippen LogP contribution in [0.25, 0.3) is 17.5 Å². The quantitative estimate of drug-likeness (QED) is 0.0259. The molecule has 3 unspecified atom stereocenters. The van der Waals surface area contributed by atoms with Crippen LogP contribution in [0, 0.1) is 5.92 Å². The van der Waals surface area contributed by atoms with Crippen LogP contribution in [0.2, 0.25) is 0 Å². The number of nitrogens with one attached hydrogen (secondary N) is 7. The van der Waals surface area contributed by atoms with Crippen molar-refractivity contribution in [2.24, 2.45) is 5.92 Å². The van der Waals surface area contributed by atoms with Crippen molar-refractivity contribution in [3.05, 3.63) is 104 Å². The molecule has 2 aliphatic carbocycles. The highest BCUT2D eigenvalue weighted by Crippen LogP contribution is 2.55. The number of ether oxygens (including phenoxy) is 2. The fourth-order valence-corrected chi connectivity index (χ4v) is 10.6. The number of aromatic nitrogens is 2. The summed E-state index contributed by atoms with van der Waals surface area (Å²) in [5.41, 5.74) is -0.993. The lowest BCUT2D eigenvalue weighted by Crippen LogP contribution is -2.56. The van der Waals surface area contributed by atoms with Gasteiger partial charge in [-0.05, 0) is 61.9 Å². The van der Waals surface area contributed by atoms with E-state index in [0.29, 0.717) is 51.5 Å².